The molecule has 2 heterocycles. The predicted molar refractivity (Wildman–Crippen MR) is 77.6 cm³/mol. The maximum absolute atomic E-state index is 5.38. The molecule has 1 atom stereocenters. The molecule has 2 rings (SSSR count). The SMILES string of the molecule is C=CCNc1nc(C)cn1C(C)CN1CCOCC1. The van der Waals surface area contributed by atoms with Gasteiger partial charge in [-0.3, -0.25) is 4.90 Å². The maximum atomic E-state index is 5.38. The van der Waals surface area contributed by atoms with E-state index in [2.05, 4.69) is 39.5 Å². The number of hydrogen-bond acceptors (Lipinski definition) is 4. The van der Waals surface area contributed by atoms with Crippen molar-refractivity contribution in [3.8, 4) is 0 Å². The van der Waals surface area contributed by atoms with Crippen LogP contribution in [0.3, 0.4) is 0 Å². The lowest BCUT2D eigenvalue weighted by molar-refractivity contribution is 0.0326. The van der Waals surface area contributed by atoms with Gasteiger partial charge in [-0.2, -0.15) is 0 Å². The number of morpholine rings is 1. The van der Waals surface area contributed by atoms with Gasteiger partial charge in [0.1, 0.15) is 0 Å². The van der Waals surface area contributed by atoms with E-state index < -0.39 is 0 Å². The average molecular weight is 264 g/mol. The van der Waals surface area contributed by atoms with Crippen LogP contribution in [-0.2, 0) is 4.74 Å². The molecule has 0 amide bonds. The summed E-state index contributed by atoms with van der Waals surface area (Å²) in [6.07, 6.45) is 3.96. The molecular formula is C14H24N4O. The van der Waals surface area contributed by atoms with Crippen LogP contribution < -0.4 is 5.32 Å². The van der Waals surface area contributed by atoms with Gasteiger partial charge in [0.25, 0.3) is 0 Å². The lowest BCUT2D eigenvalue weighted by atomic mass is 10.3. The Morgan fingerprint density at radius 2 is 2.26 bits per heavy atom. The molecule has 1 fully saturated rings. The molecule has 5 heteroatoms. The first-order valence-electron chi connectivity index (χ1n) is 6.91. The lowest BCUT2D eigenvalue weighted by Gasteiger charge is -2.30. The largest absolute Gasteiger partial charge is 0.379 e. The van der Waals surface area contributed by atoms with Crippen molar-refractivity contribution in [2.75, 3.05) is 44.7 Å². The van der Waals surface area contributed by atoms with Crippen molar-refractivity contribution in [1.29, 1.82) is 0 Å². The summed E-state index contributed by atoms with van der Waals surface area (Å²) < 4.78 is 7.60. The van der Waals surface area contributed by atoms with Gasteiger partial charge in [-0.05, 0) is 13.8 Å². The number of anilines is 1. The summed E-state index contributed by atoms with van der Waals surface area (Å²) in [4.78, 5) is 6.97. The van der Waals surface area contributed by atoms with Crippen LogP contribution in [0.2, 0.25) is 0 Å². The van der Waals surface area contributed by atoms with E-state index in [1.54, 1.807) is 0 Å². The summed E-state index contributed by atoms with van der Waals surface area (Å²) in [7, 11) is 0. The summed E-state index contributed by atoms with van der Waals surface area (Å²) in [5, 5.41) is 3.29. The van der Waals surface area contributed by atoms with Gasteiger partial charge in [0.15, 0.2) is 0 Å². The van der Waals surface area contributed by atoms with Crippen molar-refractivity contribution >= 4 is 5.95 Å². The molecular weight excluding hydrogens is 240 g/mol. The van der Waals surface area contributed by atoms with E-state index in [-0.39, 0.29) is 0 Å². The number of nitrogens with zero attached hydrogens (tertiary/aromatic N) is 3. The zero-order valence-electron chi connectivity index (χ0n) is 11.9. The second kappa shape index (κ2) is 6.73. The van der Waals surface area contributed by atoms with Crippen LogP contribution in [0.5, 0.6) is 0 Å². The third-order valence-electron chi connectivity index (χ3n) is 3.36. The number of ether oxygens (including phenoxy) is 1. The third kappa shape index (κ3) is 3.81. The Hall–Kier alpha value is -1.33. The minimum absolute atomic E-state index is 0.395. The topological polar surface area (TPSA) is 42.3 Å². The molecule has 1 unspecified atom stereocenters. The lowest BCUT2D eigenvalue weighted by Crippen LogP contribution is -2.39. The minimum atomic E-state index is 0.395. The van der Waals surface area contributed by atoms with Crippen molar-refractivity contribution in [3.05, 3.63) is 24.5 Å². The number of nitrogens with one attached hydrogen (secondary N) is 1. The van der Waals surface area contributed by atoms with Gasteiger partial charge in [-0.25, -0.2) is 4.98 Å². The smallest absolute Gasteiger partial charge is 0.203 e. The number of rotatable bonds is 6. The van der Waals surface area contributed by atoms with Crippen molar-refractivity contribution in [1.82, 2.24) is 14.5 Å². The minimum Gasteiger partial charge on any atom is -0.379 e. The van der Waals surface area contributed by atoms with Gasteiger partial charge >= 0.3 is 0 Å². The highest BCUT2D eigenvalue weighted by Gasteiger charge is 2.17. The van der Waals surface area contributed by atoms with E-state index in [4.69, 9.17) is 4.74 Å². The fourth-order valence-corrected chi connectivity index (χ4v) is 2.39. The molecule has 1 N–H and O–H groups in total. The normalized spacial score (nSPS) is 18.2. The van der Waals surface area contributed by atoms with Gasteiger partial charge in [-0.1, -0.05) is 6.08 Å². The van der Waals surface area contributed by atoms with Crippen molar-refractivity contribution in [2.24, 2.45) is 0 Å². The highest BCUT2D eigenvalue weighted by molar-refractivity contribution is 5.30. The van der Waals surface area contributed by atoms with Crippen LogP contribution >= 0.6 is 0 Å². The fourth-order valence-electron chi connectivity index (χ4n) is 2.39. The van der Waals surface area contributed by atoms with Crippen molar-refractivity contribution in [3.63, 3.8) is 0 Å². The Balaban J connectivity index is 2.00. The van der Waals surface area contributed by atoms with Crippen molar-refractivity contribution < 1.29 is 4.74 Å². The van der Waals surface area contributed by atoms with Crippen molar-refractivity contribution in [2.45, 2.75) is 19.9 Å². The zero-order valence-corrected chi connectivity index (χ0v) is 11.9. The number of aryl methyl sites for hydroxylation is 1. The molecule has 106 valence electrons. The number of imidazole rings is 1. The Labute approximate surface area is 115 Å². The monoisotopic (exact) mass is 264 g/mol. The Kier molecular flexibility index (Phi) is 4.99. The molecule has 1 aliphatic rings. The molecule has 0 spiro atoms. The molecule has 19 heavy (non-hydrogen) atoms. The molecule has 5 nitrogen and oxygen atoms in total. The second-order valence-corrected chi connectivity index (χ2v) is 5.04. The molecule has 0 aromatic carbocycles. The van der Waals surface area contributed by atoms with E-state index in [9.17, 15) is 0 Å². The summed E-state index contributed by atoms with van der Waals surface area (Å²) in [6, 6.07) is 0.395. The van der Waals surface area contributed by atoms with Crippen LogP contribution in [0.1, 0.15) is 18.7 Å². The first-order chi connectivity index (χ1) is 9.20. The fraction of sp³-hybridized carbons (Fsp3) is 0.643. The summed E-state index contributed by atoms with van der Waals surface area (Å²) >= 11 is 0. The van der Waals surface area contributed by atoms with E-state index >= 15 is 0 Å². The van der Waals surface area contributed by atoms with Crippen LogP contribution in [0.15, 0.2) is 18.9 Å². The molecule has 1 aromatic heterocycles. The standard InChI is InChI=1S/C14H24N4O/c1-4-5-15-14-16-12(2)10-18(14)13(3)11-17-6-8-19-9-7-17/h4,10,13H,1,5-9,11H2,2-3H3,(H,15,16). The predicted octanol–water partition coefficient (Wildman–Crippen LogP) is 1.68. The van der Waals surface area contributed by atoms with Crippen LogP contribution in [0, 0.1) is 6.92 Å². The quantitative estimate of drug-likeness (QED) is 0.794. The van der Waals surface area contributed by atoms with Crippen LogP contribution in [0.25, 0.3) is 0 Å². The second-order valence-electron chi connectivity index (χ2n) is 5.04. The van der Waals surface area contributed by atoms with Gasteiger partial charge in [-0.15, -0.1) is 6.58 Å². The molecule has 1 aliphatic heterocycles. The van der Waals surface area contributed by atoms with Crippen LogP contribution in [-0.4, -0.2) is 53.8 Å². The Bertz CT molecular complexity index is 410. The molecule has 1 saturated heterocycles. The van der Waals surface area contributed by atoms with Gasteiger partial charge < -0.3 is 14.6 Å². The number of hydrogen-bond donors (Lipinski definition) is 1. The van der Waals surface area contributed by atoms with E-state index in [0.29, 0.717) is 6.04 Å². The Morgan fingerprint density at radius 1 is 1.53 bits per heavy atom. The number of aromatic nitrogens is 2. The molecule has 1 aromatic rings. The first-order valence-corrected chi connectivity index (χ1v) is 6.91. The highest BCUT2D eigenvalue weighted by Crippen LogP contribution is 2.17. The Morgan fingerprint density at radius 3 is 2.95 bits per heavy atom. The molecule has 0 radical (unpaired) electrons. The highest BCUT2D eigenvalue weighted by atomic mass is 16.5. The zero-order chi connectivity index (χ0) is 13.7. The molecule has 0 saturated carbocycles. The summed E-state index contributed by atoms with van der Waals surface area (Å²) in [6.45, 7) is 13.5. The van der Waals surface area contributed by atoms with Gasteiger partial charge in [0.05, 0.1) is 18.9 Å². The van der Waals surface area contributed by atoms with E-state index in [1.807, 2.05) is 13.0 Å². The van der Waals surface area contributed by atoms with Crippen LogP contribution in [0.4, 0.5) is 5.95 Å². The van der Waals surface area contributed by atoms with E-state index in [0.717, 1.165) is 51.0 Å². The van der Waals surface area contributed by atoms with Gasteiger partial charge in [0, 0.05) is 38.4 Å². The summed E-state index contributed by atoms with van der Waals surface area (Å²) in [5.41, 5.74) is 1.04. The van der Waals surface area contributed by atoms with E-state index in [1.165, 1.54) is 0 Å². The van der Waals surface area contributed by atoms with Gasteiger partial charge in [0.2, 0.25) is 5.95 Å². The summed E-state index contributed by atoms with van der Waals surface area (Å²) in [5.74, 6) is 0.929. The maximum Gasteiger partial charge on any atom is 0.203 e. The molecule has 0 bridgehead atoms. The molecule has 0 aliphatic carbocycles. The average Bonchev–Trinajstić information content (AvgIpc) is 2.79. The third-order valence-corrected chi connectivity index (χ3v) is 3.36. The first kappa shape index (κ1) is 14.1.